The summed E-state index contributed by atoms with van der Waals surface area (Å²) in [5.74, 6) is 2.29. The fourth-order valence-electron chi connectivity index (χ4n) is 4.60. The predicted molar refractivity (Wildman–Crippen MR) is 101 cm³/mol. The Hall–Kier alpha value is -2.56. The highest BCUT2D eigenvalue weighted by Gasteiger charge is 2.61. The number of fused-ring (bicyclic) bond motifs is 2. The van der Waals surface area contributed by atoms with Gasteiger partial charge in [-0.3, -0.25) is 9.78 Å². The first-order valence-electron chi connectivity index (χ1n) is 9.29. The van der Waals surface area contributed by atoms with Crippen LogP contribution in [0, 0.1) is 17.3 Å². The summed E-state index contributed by atoms with van der Waals surface area (Å²) in [6.07, 6.45) is 3.55. The molecule has 26 heavy (non-hydrogen) atoms. The first kappa shape index (κ1) is 15.7. The molecule has 2 fully saturated rings. The molecular weight excluding hydrogens is 326 g/mol. The molecule has 0 bridgehead atoms. The van der Waals surface area contributed by atoms with E-state index in [9.17, 15) is 4.79 Å². The first-order valence-corrected chi connectivity index (χ1v) is 9.29. The molecule has 3 aliphatic rings. The number of ether oxygens (including phenoxy) is 1. The first-order chi connectivity index (χ1) is 12.6. The second-order valence-electron chi connectivity index (χ2n) is 8.14. The van der Waals surface area contributed by atoms with E-state index in [1.54, 1.807) is 11.1 Å². The smallest absolute Gasteiger partial charge is 0.260 e. The summed E-state index contributed by atoms with van der Waals surface area (Å²) in [6, 6.07) is 9.68. The Bertz CT molecular complexity index is 865. The quantitative estimate of drug-likeness (QED) is 0.835. The summed E-state index contributed by atoms with van der Waals surface area (Å²) < 4.78 is 5.66. The number of piperidine rings is 1. The van der Waals surface area contributed by atoms with Crippen LogP contribution in [0.25, 0.3) is 0 Å². The van der Waals surface area contributed by atoms with Crippen LogP contribution in [-0.4, -0.2) is 37.1 Å². The molecule has 2 aromatic rings. The van der Waals surface area contributed by atoms with E-state index in [-0.39, 0.29) is 5.91 Å². The van der Waals surface area contributed by atoms with Crippen molar-refractivity contribution < 1.29 is 9.53 Å². The number of hydrogen-bond donors (Lipinski definition) is 0. The summed E-state index contributed by atoms with van der Waals surface area (Å²) >= 11 is 0. The zero-order valence-corrected chi connectivity index (χ0v) is 15.2. The molecular formula is C21H23N3O2. The van der Waals surface area contributed by atoms with E-state index in [4.69, 9.17) is 4.74 Å². The van der Waals surface area contributed by atoms with Crippen molar-refractivity contribution in [3.63, 3.8) is 0 Å². The van der Waals surface area contributed by atoms with E-state index >= 15 is 0 Å². The molecule has 1 amide bonds. The van der Waals surface area contributed by atoms with Gasteiger partial charge >= 0.3 is 0 Å². The van der Waals surface area contributed by atoms with Gasteiger partial charge in [-0.1, -0.05) is 26.0 Å². The van der Waals surface area contributed by atoms with Crippen LogP contribution >= 0.6 is 0 Å². The topological polar surface area (TPSA) is 45.7 Å². The van der Waals surface area contributed by atoms with E-state index < -0.39 is 0 Å². The van der Waals surface area contributed by atoms with Gasteiger partial charge in [0.05, 0.1) is 29.7 Å². The van der Waals surface area contributed by atoms with Crippen LogP contribution in [0.4, 0.5) is 11.4 Å². The van der Waals surface area contributed by atoms with Crippen LogP contribution in [0.2, 0.25) is 0 Å². The Morgan fingerprint density at radius 3 is 2.77 bits per heavy atom. The number of carbonyl (C=O) groups excluding carboxylic acids is 1. The van der Waals surface area contributed by atoms with Crippen LogP contribution in [0.1, 0.15) is 24.2 Å². The molecule has 134 valence electrons. The minimum Gasteiger partial charge on any atom is -0.490 e. The van der Waals surface area contributed by atoms with Gasteiger partial charge in [-0.15, -0.1) is 0 Å². The predicted octanol–water partition coefficient (Wildman–Crippen LogP) is 3.21. The molecule has 2 atom stereocenters. The SMILES string of the molecule is CC1(C)C2CN(c3cncc(C(=O)N4CCOc5ccccc54)c3)CC21. The second kappa shape index (κ2) is 5.47. The largest absolute Gasteiger partial charge is 0.490 e. The summed E-state index contributed by atoms with van der Waals surface area (Å²) in [5.41, 5.74) is 3.01. The van der Waals surface area contributed by atoms with Crippen LogP contribution in [0.5, 0.6) is 5.75 Å². The average molecular weight is 349 g/mol. The third kappa shape index (κ3) is 2.30. The van der Waals surface area contributed by atoms with Crippen molar-refractivity contribution in [1.82, 2.24) is 4.98 Å². The van der Waals surface area contributed by atoms with Crippen molar-refractivity contribution >= 4 is 17.3 Å². The van der Waals surface area contributed by atoms with Gasteiger partial charge in [-0.05, 0) is 35.4 Å². The molecule has 5 rings (SSSR count). The van der Waals surface area contributed by atoms with Gasteiger partial charge in [0.25, 0.3) is 5.91 Å². The minimum absolute atomic E-state index is 0.0141. The van der Waals surface area contributed by atoms with Gasteiger partial charge in [0.15, 0.2) is 0 Å². The lowest BCUT2D eigenvalue weighted by atomic mass is 10.1. The van der Waals surface area contributed by atoms with E-state index in [0.29, 0.717) is 24.1 Å². The fraction of sp³-hybridized carbons (Fsp3) is 0.429. The van der Waals surface area contributed by atoms with E-state index in [0.717, 1.165) is 42.0 Å². The van der Waals surface area contributed by atoms with E-state index in [1.165, 1.54) is 0 Å². The maximum atomic E-state index is 13.1. The number of rotatable bonds is 2. The normalized spacial score (nSPS) is 25.3. The number of aromatic nitrogens is 1. The Kier molecular flexibility index (Phi) is 3.30. The summed E-state index contributed by atoms with van der Waals surface area (Å²) in [6.45, 7) is 7.92. The summed E-state index contributed by atoms with van der Waals surface area (Å²) in [5, 5.41) is 0. The van der Waals surface area contributed by atoms with Gasteiger partial charge in [0.2, 0.25) is 0 Å². The number of benzene rings is 1. The number of anilines is 2. The Labute approximate surface area is 153 Å². The zero-order chi connectivity index (χ0) is 17.9. The lowest BCUT2D eigenvalue weighted by molar-refractivity contribution is 0.0976. The van der Waals surface area contributed by atoms with Crippen LogP contribution < -0.4 is 14.5 Å². The number of pyridine rings is 1. The number of carbonyl (C=O) groups is 1. The van der Waals surface area contributed by atoms with Gasteiger partial charge in [-0.2, -0.15) is 0 Å². The van der Waals surface area contributed by atoms with Crippen LogP contribution in [0.3, 0.4) is 0 Å². The molecule has 0 radical (unpaired) electrons. The molecule has 0 N–H and O–H groups in total. The molecule has 1 aromatic carbocycles. The van der Waals surface area contributed by atoms with Crippen molar-refractivity contribution in [1.29, 1.82) is 0 Å². The van der Waals surface area contributed by atoms with Gasteiger partial charge in [0.1, 0.15) is 12.4 Å². The van der Waals surface area contributed by atoms with Crippen LogP contribution in [0.15, 0.2) is 42.7 Å². The Morgan fingerprint density at radius 1 is 1.19 bits per heavy atom. The van der Waals surface area contributed by atoms with Crippen molar-refractivity contribution in [2.75, 3.05) is 36.0 Å². The molecule has 2 unspecified atom stereocenters. The van der Waals surface area contributed by atoms with Gasteiger partial charge < -0.3 is 14.5 Å². The molecule has 2 aliphatic heterocycles. The highest BCUT2D eigenvalue weighted by molar-refractivity contribution is 6.07. The lowest BCUT2D eigenvalue weighted by Crippen LogP contribution is -2.38. The Morgan fingerprint density at radius 2 is 1.96 bits per heavy atom. The highest BCUT2D eigenvalue weighted by Crippen LogP contribution is 2.62. The maximum Gasteiger partial charge on any atom is 0.260 e. The number of amides is 1. The van der Waals surface area contributed by atoms with E-state index in [1.807, 2.05) is 36.5 Å². The third-order valence-corrected chi connectivity index (χ3v) is 6.43. The second-order valence-corrected chi connectivity index (χ2v) is 8.14. The molecule has 5 nitrogen and oxygen atoms in total. The van der Waals surface area contributed by atoms with Crippen molar-refractivity contribution in [2.45, 2.75) is 13.8 Å². The third-order valence-electron chi connectivity index (χ3n) is 6.43. The molecule has 1 saturated heterocycles. The molecule has 3 heterocycles. The maximum absolute atomic E-state index is 13.1. The molecule has 1 aromatic heterocycles. The van der Waals surface area contributed by atoms with Gasteiger partial charge in [-0.25, -0.2) is 0 Å². The monoisotopic (exact) mass is 349 g/mol. The zero-order valence-electron chi connectivity index (χ0n) is 15.2. The number of nitrogens with zero attached hydrogens (tertiary/aromatic N) is 3. The Balaban J connectivity index is 1.39. The van der Waals surface area contributed by atoms with Crippen molar-refractivity contribution in [3.05, 3.63) is 48.3 Å². The van der Waals surface area contributed by atoms with Crippen molar-refractivity contribution in [2.24, 2.45) is 17.3 Å². The fourth-order valence-corrected chi connectivity index (χ4v) is 4.60. The molecule has 1 saturated carbocycles. The molecule has 0 spiro atoms. The average Bonchev–Trinajstić information content (AvgIpc) is 3.02. The minimum atomic E-state index is -0.0141. The van der Waals surface area contributed by atoms with E-state index in [2.05, 4.69) is 23.7 Å². The molecule has 5 heteroatoms. The number of hydrogen-bond acceptors (Lipinski definition) is 4. The molecule has 1 aliphatic carbocycles. The lowest BCUT2D eigenvalue weighted by Gasteiger charge is -2.30. The van der Waals surface area contributed by atoms with Gasteiger partial charge in [0, 0.05) is 19.3 Å². The van der Waals surface area contributed by atoms with Crippen LogP contribution in [-0.2, 0) is 0 Å². The highest BCUT2D eigenvalue weighted by atomic mass is 16.5. The summed E-state index contributed by atoms with van der Waals surface area (Å²) in [4.78, 5) is 21.6. The van der Waals surface area contributed by atoms with Crippen molar-refractivity contribution in [3.8, 4) is 5.75 Å². The number of para-hydroxylation sites is 2. The standard InChI is InChI=1S/C21H23N3O2/c1-21(2)16-12-23(13-17(16)21)15-9-14(10-22-11-15)20(25)24-7-8-26-19-6-4-3-5-18(19)24/h3-6,9-11,16-17H,7-8,12-13H2,1-2H3. The summed E-state index contributed by atoms with van der Waals surface area (Å²) in [7, 11) is 0.